The lowest BCUT2D eigenvalue weighted by Crippen LogP contribution is -1.80. The Morgan fingerprint density at radius 2 is 1.81 bits per heavy atom. The molecule has 16 heavy (non-hydrogen) atoms. The second-order valence-corrected chi connectivity index (χ2v) is 6.58. The maximum Gasteiger partial charge on any atom is 0.0232 e. The normalized spacial score (nSPS) is 10.4. The first-order valence-electron chi connectivity index (χ1n) is 4.87. The lowest BCUT2D eigenvalue weighted by atomic mass is 10.2. The highest BCUT2D eigenvalue weighted by atomic mass is 127. The summed E-state index contributed by atoms with van der Waals surface area (Å²) in [4.78, 5) is 1.30. The number of halogens is 2. The molecule has 0 saturated carbocycles. The maximum absolute atomic E-state index is 3.48. The molecular weight excluding hydrogens is 395 g/mol. The molecule has 0 aliphatic rings. The Balaban J connectivity index is 1.99. The summed E-state index contributed by atoms with van der Waals surface area (Å²) in [6.07, 6.45) is 0. The van der Waals surface area contributed by atoms with Crippen molar-refractivity contribution in [3.8, 4) is 0 Å². The van der Waals surface area contributed by atoms with Gasteiger partial charge in [-0.2, -0.15) is 0 Å². The van der Waals surface area contributed by atoms with Gasteiger partial charge in [0, 0.05) is 18.7 Å². The Kier molecular flexibility index (Phi) is 4.73. The molecule has 0 radical (unpaired) electrons. The third-order valence-corrected chi connectivity index (χ3v) is 4.39. The summed E-state index contributed by atoms with van der Waals surface area (Å²) in [5, 5.41) is 0. The minimum atomic E-state index is 1.02. The first kappa shape index (κ1) is 12.5. The van der Waals surface area contributed by atoms with Gasteiger partial charge in [0.15, 0.2) is 0 Å². The molecule has 0 spiro atoms. The van der Waals surface area contributed by atoms with Crippen LogP contribution in [0, 0.1) is 3.57 Å². The first-order chi connectivity index (χ1) is 7.74. The number of thioether (sulfide) groups is 1. The van der Waals surface area contributed by atoms with Crippen LogP contribution in [0.1, 0.15) is 5.56 Å². The summed E-state index contributed by atoms with van der Waals surface area (Å²) in [6, 6.07) is 17.1. The molecule has 0 fully saturated rings. The zero-order valence-electron chi connectivity index (χ0n) is 8.49. The van der Waals surface area contributed by atoms with Gasteiger partial charge in [-0.15, -0.1) is 11.8 Å². The second-order valence-electron chi connectivity index (χ2n) is 3.37. The Hall–Kier alpha value is -0.000000000000000111. The smallest absolute Gasteiger partial charge is 0.0232 e. The van der Waals surface area contributed by atoms with Gasteiger partial charge < -0.3 is 0 Å². The lowest BCUT2D eigenvalue weighted by Gasteiger charge is -2.02. The van der Waals surface area contributed by atoms with Gasteiger partial charge in [-0.1, -0.05) is 34.1 Å². The molecule has 0 N–H and O–H groups in total. The molecule has 0 bridgehead atoms. The monoisotopic (exact) mass is 404 g/mol. The van der Waals surface area contributed by atoms with Gasteiger partial charge in [-0.25, -0.2) is 0 Å². The van der Waals surface area contributed by atoms with E-state index < -0.39 is 0 Å². The zero-order valence-corrected chi connectivity index (χ0v) is 13.1. The SMILES string of the molecule is Brc1cccc(SCc2ccc(I)cc2)c1. The van der Waals surface area contributed by atoms with Crippen molar-refractivity contribution < 1.29 is 0 Å². The summed E-state index contributed by atoms with van der Waals surface area (Å²) < 4.78 is 2.42. The lowest BCUT2D eigenvalue weighted by molar-refractivity contribution is 1.37. The minimum absolute atomic E-state index is 1.02. The number of hydrogen-bond acceptors (Lipinski definition) is 1. The van der Waals surface area contributed by atoms with Crippen LogP contribution < -0.4 is 0 Å². The summed E-state index contributed by atoms with van der Waals surface area (Å²) in [5.74, 6) is 1.02. The zero-order chi connectivity index (χ0) is 11.4. The van der Waals surface area contributed by atoms with E-state index in [0.29, 0.717) is 0 Å². The molecule has 0 nitrogen and oxygen atoms in total. The summed E-state index contributed by atoms with van der Waals surface area (Å²) in [5.41, 5.74) is 1.37. The summed E-state index contributed by atoms with van der Waals surface area (Å²) >= 11 is 7.67. The molecule has 2 aromatic rings. The van der Waals surface area contributed by atoms with Crippen molar-refractivity contribution in [1.29, 1.82) is 0 Å². The van der Waals surface area contributed by atoms with Crippen LogP contribution in [0.5, 0.6) is 0 Å². The van der Waals surface area contributed by atoms with E-state index in [-0.39, 0.29) is 0 Å². The average molecular weight is 405 g/mol. The molecule has 0 aliphatic heterocycles. The van der Waals surface area contributed by atoms with E-state index in [9.17, 15) is 0 Å². The van der Waals surface area contributed by atoms with Crippen LogP contribution in [-0.2, 0) is 5.75 Å². The van der Waals surface area contributed by atoms with E-state index in [1.807, 2.05) is 11.8 Å². The molecule has 0 heterocycles. The van der Waals surface area contributed by atoms with Crippen molar-refractivity contribution in [1.82, 2.24) is 0 Å². The van der Waals surface area contributed by atoms with Gasteiger partial charge in [0.25, 0.3) is 0 Å². The molecule has 0 amide bonds. The highest BCUT2D eigenvalue weighted by Crippen LogP contribution is 2.25. The molecule has 2 rings (SSSR count). The highest BCUT2D eigenvalue weighted by Gasteiger charge is 1.97. The predicted octanol–water partition coefficient (Wildman–Crippen LogP) is 5.35. The van der Waals surface area contributed by atoms with Crippen molar-refractivity contribution in [2.75, 3.05) is 0 Å². The molecule has 0 aromatic heterocycles. The fraction of sp³-hybridized carbons (Fsp3) is 0.0769. The number of rotatable bonds is 3. The van der Waals surface area contributed by atoms with E-state index in [2.05, 4.69) is 87.1 Å². The molecule has 0 unspecified atom stereocenters. The standard InChI is InChI=1S/C13H10BrIS/c14-11-2-1-3-13(8-11)16-9-10-4-6-12(15)7-5-10/h1-8H,9H2. The van der Waals surface area contributed by atoms with E-state index in [1.54, 1.807) is 0 Å². The second kappa shape index (κ2) is 6.07. The van der Waals surface area contributed by atoms with Crippen LogP contribution in [0.15, 0.2) is 57.9 Å². The van der Waals surface area contributed by atoms with Crippen molar-refractivity contribution in [3.63, 3.8) is 0 Å². The van der Waals surface area contributed by atoms with Gasteiger partial charge in [0.05, 0.1) is 0 Å². The van der Waals surface area contributed by atoms with Crippen LogP contribution in [0.4, 0.5) is 0 Å². The Morgan fingerprint density at radius 3 is 2.50 bits per heavy atom. The maximum atomic E-state index is 3.48. The van der Waals surface area contributed by atoms with E-state index in [1.165, 1.54) is 14.0 Å². The number of benzene rings is 2. The van der Waals surface area contributed by atoms with Gasteiger partial charge in [-0.3, -0.25) is 0 Å². The largest absolute Gasteiger partial charge is 0.121 e. The predicted molar refractivity (Wildman–Crippen MR) is 82.9 cm³/mol. The topological polar surface area (TPSA) is 0 Å². The van der Waals surface area contributed by atoms with Gasteiger partial charge in [-0.05, 0) is 58.5 Å². The Labute approximate surface area is 122 Å². The Morgan fingerprint density at radius 1 is 1.06 bits per heavy atom. The van der Waals surface area contributed by atoms with Crippen molar-refractivity contribution in [3.05, 3.63) is 62.1 Å². The van der Waals surface area contributed by atoms with Crippen molar-refractivity contribution in [2.24, 2.45) is 0 Å². The van der Waals surface area contributed by atoms with E-state index in [0.717, 1.165) is 10.2 Å². The summed E-state index contributed by atoms with van der Waals surface area (Å²) in [6.45, 7) is 0. The van der Waals surface area contributed by atoms with Gasteiger partial charge >= 0.3 is 0 Å². The van der Waals surface area contributed by atoms with Crippen molar-refractivity contribution in [2.45, 2.75) is 10.6 Å². The third kappa shape index (κ3) is 3.79. The molecule has 82 valence electrons. The van der Waals surface area contributed by atoms with Gasteiger partial charge in [0.2, 0.25) is 0 Å². The van der Waals surface area contributed by atoms with Crippen molar-refractivity contribution >= 4 is 50.3 Å². The van der Waals surface area contributed by atoms with Gasteiger partial charge in [0.1, 0.15) is 0 Å². The Bertz CT molecular complexity index is 468. The fourth-order valence-electron chi connectivity index (χ4n) is 1.30. The minimum Gasteiger partial charge on any atom is -0.121 e. The van der Waals surface area contributed by atoms with Crippen LogP contribution in [0.3, 0.4) is 0 Å². The molecule has 0 atom stereocenters. The van der Waals surface area contributed by atoms with Crippen LogP contribution in [0.25, 0.3) is 0 Å². The fourth-order valence-corrected chi connectivity index (χ4v) is 3.13. The number of hydrogen-bond donors (Lipinski definition) is 0. The van der Waals surface area contributed by atoms with Crippen LogP contribution in [0.2, 0.25) is 0 Å². The molecule has 2 aromatic carbocycles. The van der Waals surface area contributed by atoms with E-state index >= 15 is 0 Å². The molecule has 3 heteroatoms. The molecular formula is C13H10BrIS. The molecule has 0 saturated heterocycles. The molecule has 0 aliphatic carbocycles. The van der Waals surface area contributed by atoms with Crippen LogP contribution in [-0.4, -0.2) is 0 Å². The van der Waals surface area contributed by atoms with Crippen LogP contribution >= 0.6 is 50.3 Å². The summed E-state index contributed by atoms with van der Waals surface area (Å²) in [7, 11) is 0. The first-order valence-corrected chi connectivity index (χ1v) is 7.72. The average Bonchev–Trinajstić information content (AvgIpc) is 2.28. The quantitative estimate of drug-likeness (QED) is 0.491. The highest BCUT2D eigenvalue weighted by molar-refractivity contribution is 14.1. The third-order valence-electron chi connectivity index (χ3n) is 2.11. The van der Waals surface area contributed by atoms with E-state index in [4.69, 9.17) is 0 Å².